The van der Waals surface area contributed by atoms with Crippen molar-refractivity contribution in [3.63, 3.8) is 0 Å². The lowest BCUT2D eigenvalue weighted by molar-refractivity contribution is -0.277. The molecule has 0 spiro atoms. The van der Waals surface area contributed by atoms with Crippen molar-refractivity contribution in [2.24, 2.45) is 0 Å². The fourth-order valence-corrected chi connectivity index (χ4v) is 3.41. The number of hydrogen-bond donors (Lipinski definition) is 4. The van der Waals surface area contributed by atoms with Gasteiger partial charge in [-0.2, -0.15) is 0 Å². The van der Waals surface area contributed by atoms with E-state index in [1.807, 2.05) is 31.2 Å². The standard InChI is InChI=1S/C22H22O8/c1-11-2-4-12(5-3-11)15-10-28-16-8-13(6-7-14(16)18(15)24)29-22-21(27)20(26)19(25)17(9-23)30-22/h2-8,10,17,19-23,25-27H,9H2,1H3/t17?,19-,20+,21?,22-/m1/s1. The average molecular weight is 414 g/mol. The van der Waals surface area contributed by atoms with Gasteiger partial charge in [0.25, 0.3) is 0 Å². The predicted molar refractivity (Wildman–Crippen MR) is 107 cm³/mol. The van der Waals surface area contributed by atoms with Crippen LogP contribution in [0.4, 0.5) is 0 Å². The smallest absolute Gasteiger partial charge is 0.229 e. The van der Waals surface area contributed by atoms with Gasteiger partial charge in [-0.1, -0.05) is 29.8 Å². The van der Waals surface area contributed by atoms with Crippen LogP contribution in [0.25, 0.3) is 22.1 Å². The first-order valence-electron chi connectivity index (χ1n) is 9.49. The summed E-state index contributed by atoms with van der Waals surface area (Å²) in [7, 11) is 0. The summed E-state index contributed by atoms with van der Waals surface area (Å²) in [5.41, 5.74) is 2.35. The number of hydrogen-bond acceptors (Lipinski definition) is 8. The van der Waals surface area contributed by atoms with Crippen LogP contribution in [0.5, 0.6) is 5.75 Å². The molecule has 8 nitrogen and oxygen atoms in total. The molecule has 5 atom stereocenters. The van der Waals surface area contributed by atoms with Gasteiger partial charge in [0.1, 0.15) is 42.0 Å². The molecule has 0 bridgehead atoms. The fourth-order valence-electron chi connectivity index (χ4n) is 3.41. The monoisotopic (exact) mass is 414 g/mol. The highest BCUT2D eigenvalue weighted by Crippen LogP contribution is 2.27. The molecule has 0 aliphatic carbocycles. The Balaban J connectivity index is 1.62. The molecule has 4 N–H and O–H groups in total. The van der Waals surface area contributed by atoms with Gasteiger partial charge in [0.2, 0.25) is 6.29 Å². The lowest BCUT2D eigenvalue weighted by atomic mass is 9.99. The zero-order valence-electron chi connectivity index (χ0n) is 16.1. The summed E-state index contributed by atoms with van der Waals surface area (Å²) in [4.78, 5) is 12.9. The molecule has 2 heterocycles. The van der Waals surface area contributed by atoms with E-state index in [0.717, 1.165) is 11.1 Å². The van der Waals surface area contributed by atoms with Crippen LogP contribution in [-0.4, -0.2) is 57.7 Å². The normalized spacial score (nSPS) is 26.6. The van der Waals surface area contributed by atoms with Crippen LogP contribution in [0.3, 0.4) is 0 Å². The zero-order valence-corrected chi connectivity index (χ0v) is 16.1. The Bertz CT molecular complexity index is 1090. The van der Waals surface area contributed by atoms with Crippen molar-refractivity contribution >= 4 is 11.0 Å². The van der Waals surface area contributed by atoms with Crippen LogP contribution in [0.2, 0.25) is 0 Å². The van der Waals surface area contributed by atoms with Gasteiger partial charge in [-0.05, 0) is 24.6 Å². The highest BCUT2D eigenvalue weighted by Gasteiger charge is 2.44. The predicted octanol–water partition coefficient (Wildman–Crippen LogP) is 0.947. The van der Waals surface area contributed by atoms with Gasteiger partial charge in [-0.3, -0.25) is 4.79 Å². The van der Waals surface area contributed by atoms with E-state index in [0.29, 0.717) is 10.9 Å². The molecule has 4 rings (SSSR count). The highest BCUT2D eigenvalue weighted by molar-refractivity contribution is 5.82. The Morgan fingerprint density at radius 2 is 1.73 bits per heavy atom. The number of aryl methyl sites for hydroxylation is 1. The van der Waals surface area contributed by atoms with Gasteiger partial charge in [0, 0.05) is 6.07 Å². The first kappa shape index (κ1) is 20.5. The summed E-state index contributed by atoms with van der Waals surface area (Å²) in [6.07, 6.45) is -5.57. The van der Waals surface area contributed by atoms with E-state index in [9.17, 15) is 25.2 Å². The minimum atomic E-state index is -1.55. The molecule has 1 saturated heterocycles. The number of fused-ring (bicyclic) bond motifs is 1. The summed E-state index contributed by atoms with van der Waals surface area (Å²) < 4.78 is 16.5. The van der Waals surface area contributed by atoms with Crippen molar-refractivity contribution in [2.75, 3.05) is 6.61 Å². The second-order valence-electron chi connectivity index (χ2n) is 7.32. The van der Waals surface area contributed by atoms with Gasteiger partial charge in [0.05, 0.1) is 17.6 Å². The molecule has 2 aromatic carbocycles. The van der Waals surface area contributed by atoms with E-state index in [2.05, 4.69) is 0 Å². The summed E-state index contributed by atoms with van der Waals surface area (Å²) in [6.45, 7) is 1.41. The molecule has 0 radical (unpaired) electrons. The third kappa shape index (κ3) is 3.71. The summed E-state index contributed by atoms with van der Waals surface area (Å²) in [5.74, 6) is 0.220. The molecule has 2 unspecified atom stereocenters. The molecule has 30 heavy (non-hydrogen) atoms. The van der Waals surface area contributed by atoms with Crippen molar-refractivity contribution in [2.45, 2.75) is 37.6 Å². The van der Waals surface area contributed by atoms with Crippen LogP contribution >= 0.6 is 0 Å². The van der Waals surface area contributed by atoms with Crippen LogP contribution < -0.4 is 10.2 Å². The van der Waals surface area contributed by atoms with Crippen LogP contribution in [0, 0.1) is 6.92 Å². The molecule has 8 heteroatoms. The SMILES string of the molecule is Cc1ccc(-c2coc3cc(O[C@@H]4OC(CO)[C@@H](O)[C@H](O)C4O)ccc3c2=O)cc1. The quantitative estimate of drug-likeness (QED) is 0.497. The maximum atomic E-state index is 12.9. The molecule has 0 amide bonds. The first-order chi connectivity index (χ1) is 14.4. The topological polar surface area (TPSA) is 130 Å². The Kier molecular flexibility index (Phi) is 5.59. The Labute approximate surface area is 171 Å². The molecule has 1 aliphatic rings. The van der Waals surface area contributed by atoms with Gasteiger partial charge in [0.15, 0.2) is 5.43 Å². The molecule has 1 fully saturated rings. The Morgan fingerprint density at radius 1 is 1.00 bits per heavy atom. The summed E-state index contributed by atoms with van der Waals surface area (Å²) in [5, 5.41) is 39.5. The lowest BCUT2D eigenvalue weighted by Gasteiger charge is -2.39. The Hall–Kier alpha value is -2.75. The van der Waals surface area contributed by atoms with Crippen molar-refractivity contribution in [3.05, 3.63) is 64.5 Å². The molecule has 1 aliphatic heterocycles. The van der Waals surface area contributed by atoms with Crippen LogP contribution in [0.15, 0.2) is 57.9 Å². The Morgan fingerprint density at radius 3 is 2.43 bits per heavy atom. The van der Waals surface area contributed by atoms with Crippen molar-refractivity contribution in [1.82, 2.24) is 0 Å². The maximum Gasteiger partial charge on any atom is 0.229 e. The minimum absolute atomic E-state index is 0.195. The first-order valence-corrected chi connectivity index (χ1v) is 9.49. The fraction of sp³-hybridized carbons (Fsp3) is 0.318. The van der Waals surface area contributed by atoms with E-state index in [1.165, 1.54) is 24.5 Å². The summed E-state index contributed by atoms with van der Waals surface area (Å²) in [6, 6.07) is 12.1. The summed E-state index contributed by atoms with van der Waals surface area (Å²) >= 11 is 0. The third-order valence-electron chi connectivity index (χ3n) is 5.21. The van der Waals surface area contributed by atoms with Gasteiger partial charge < -0.3 is 34.3 Å². The van der Waals surface area contributed by atoms with Gasteiger partial charge >= 0.3 is 0 Å². The van der Waals surface area contributed by atoms with E-state index in [-0.39, 0.29) is 16.8 Å². The average Bonchev–Trinajstić information content (AvgIpc) is 2.75. The number of aliphatic hydroxyl groups excluding tert-OH is 4. The van der Waals surface area contributed by atoms with E-state index in [1.54, 1.807) is 0 Å². The lowest BCUT2D eigenvalue weighted by Crippen LogP contribution is -2.60. The van der Waals surface area contributed by atoms with Crippen molar-refractivity contribution < 1.29 is 34.3 Å². The van der Waals surface area contributed by atoms with Crippen LogP contribution in [-0.2, 0) is 4.74 Å². The van der Waals surface area contributed by atoms with E-state index >= 15 is 0 Å². The maximum absolute atomic E-state index is 12.9. The number of benzene rings is 2. The second-order valence-corrected chi connectivity index (χ2v) is 7.32. The molecule has 1 aromatic heterocycles. The van der Waals surface area contributed by atoms with Gasteiger partial charge in [-0.25, -0.2) is 0 Å². The largest absolute Gasteiger partial charge is 0.463 e. The highest BCUT2D eigenvalue weighted by atomic mass is 16.7. The van der Waals surface area contributed by atoms with E-state index in [4.69, 9.17) is 13.9 Å². The molecule has 158 valence electrons. The number of rotatable bonds is 4. The van der Waals surface area contributed by atoms with Crippen molar-refractivity contribution in [3.8, 4) is 16.9 Å². The zero-order chi connectivity index (χ0) is 21.4. The molecule has 0 saturated carbocycles. The number of ether oxygens (including phenoxy) is 2. The molecular weight excluding hydrogens is 392 g/mol. The number of aliphatic hydroxyl groups is 4. The molecular formula is C22H22O8. The molecule has 3 aromatic rings. The second kappa shape index (κ2) is 8.17. The van der Waals surface area contributed by atoms with Gasteiger partial charge in [-0.15, -0.1) is 0 Å². The van der Waals surface area contributed by atoms with Crippen LogP contribution in [0.1, 0.15) is 5.56 Å². The minimum Gasteiger partial charge on any atom is -0.463 e. The van der Waals surface area contributed by atoms with E-state index < -0.39 is 37.3 Å². The third-order valence-corrected chi connectivity index (χ3v) is 5.21. The van der Waals surface area contributed by atoms with Crippen molar-refractivity contribution in [1.29, 1.82) is 0 Å².